The number of benzene rings is 2. The number of ether oxygens (including phenoxy) is 1. The van der Waals surface area contributed by atoms with Gasteiger partial charge in [0, 0.05) is 25.1 Å². The molecule has 3 nitrogen and oxygen atoms in total. The number of rotatable bonds is 5. The Labute approximate surface area is 125 Å². The molecule has 0 spiro atoms. The molecule has 2 aromatic carbocycles. The van der Waals surface area contributed by atoms with Crippen molar-refractivity contribution >= 4 is 5.84 Å². The Kier molecular flexibility index (Phi) is 4.52. The largest absolute Gasteiger partial charge is 0.493 e. The number of hydrogen-bond donors (Lipinski definition) is 1. The first-order valence-electron chi connectivity index (χ1n) is 7.47. The molecule has 3 rings (SSSR count). The van der Waals surface area contributed by atoms with Crippen molar-refractivity contribution in [2.45, 2.75) is 12.8 Å². The normalized spacial score (nSPS) is 14.2. The second kappa shape index (κ2) is 6.93. The summed E-state index contributed by atoms with van der Waals surface area (Å²) >= 11 is 0. The number of amidine groups is 1. The lowest BCUT2D eigenvalue weighted by Crippen LogP contribution is -2.30. The predicted octanol–water partition coefficient (Wildman–Crippen LogP) is 3.05. The molecule has 1 aliphatic rings. The minimum absolute atomic E-state index is 0.697. The van der Waals surface area contributed by atoms with Crippen LogP contribution in [0.5, 0.6) is 5.75 Å². The first-order chi connectivity index (χ1) is 10.4. The zero-order chi connectivity index (χ0) is 14.3. The van der Waals surface area contributed by atoms with Gasteiger partial charge in [0.15, 0.2) is 0 Å². The molecule has 0 bridgehead atoms. The molecular formula is C18H20N2O. The van der Waals surface area contributed by atoms with Crippen LogP contribution in [0.25, 0.3) is 0 Å². The van der Waals surface area contributed by atoms with E-state index in [9.17, 15) is 0 Å². The molecule has 1 N–H and O–H groups in total. The van der Waals surface area contributed by atoms with Gasteiger partial charge in [-0.15, -0.1) is 0 Å². The summed E-state index contributed by atoms with van der Waals surface area (Å²) in [7, 11) is 0. The topological polar surface area (TPSA) is 33.6 Å². The fourth-order valence-electron chi connectivity index (χ4n) is 2.37. The van der Waals surface area contributed by atoms with Crippen molar-refractivity contribution in [3.63, 3.8) is 0 Å². The molecule has 1 aliphatic heterocycles. The van der Waals surface area contributed by atoms with Crippen LogP contribution >= 0.6 is 0 Å². The SMILES string of the molecule is c1ccc(CCOc2ccc(C3=NCCCN3)cc2)cc1. The van der Waals surface area contributed by atoms with Gasteiger partial charge in [0.05, 0.1) is 6.61 Å². The third kappa shape index (κ3) is 3.85. The van der Waals surface area contributed by atoms with Gasteiger partial charge in [0.25, 0.3) is 0 Å². The fourth-order valence-corrected chi connectivity index (χ4v) is 2.37. The van der Waals surface area contributed by atoms with E-state index in [0.717, 1.165) is 43.1 Å². The van der Waals surface area contributed by atoms with Crippen molar-refractivity contribution in [2.24, 2.45) is 4.99 Å². The molecule has 0 saturated carbocycles. The van der Waals surface area contributed by atoms with E-state index in [-0.39, 0.29) is 0 Å². The van der Waals surface area contributed by atoms with Gasteiger partial charge in [-0.25, -0.2) is 0 Å². The average Bonchev–Trinajstić information content (AvgIpc) is 2.57. The number of nitrogens with zero attached hydrogens (tertiary/aromatic N) is 1. The van der Waals surface area contributed by atoms with E-state index in [0.29, 0.717) is 6.61 Å². The summed E-state index contributed by atoms with van der Waals surface area (Å²) in [6.07, 6.45) is 2.04. The van der Waals surface area contributed by atoms with Crippen LogP contribution in [-0.2, 0) is 6.42 Å². The van der Waals surface area contributed by atoms with E-state index in [1.807, 2.05) is 18.2 Å². The Morgan fingerprint density at radius 1 is 1.00 bits per heavy atom. The molecule has 0 fully saturated rings. The standard InChI is InChI=1S/C18H20N2O/c1-2-5-15(6-3-1)11-14-21-17-9-7-16(8-10-17)18-19-12-4-13-20-18/h1-3,5-10H,4,11-14H2,(H,19,20). The number of hydrogen-bond acceptors (Lipinski definition) is 3. The lowest BCUT2D eigenvalue weighted by atomic mass is 10.1. The van der Waals surface area contributed by atoms with E-state index >= 15 is 0 Å². The third-order valence-corrected chi connectivity index (χ3v) is 3.53. The minimum atomic E-state index is 0.697. The van der Waals surface area contributed by atoms with Crippen molar-refractivity contribution in [1.29, 1.82) is 0 Å². The van der Waals surface area contributed by atoms with Crippen molar-refractivity contribution in [1.82, 2.24) is 5.32 Å². The van der Waals surface area contributed by atoms with Crippen LogP contribution in [0.2, 0.25) is 0 Å². The number of aliphatic imine (C=N–C) groups is 1. The lowest BCUT2D eigenvalue weighted by molar-refractivity contribution is 0.322. The van der Waals surface area contributed by atoms with Gasteiger partial charge in [-0.1, -0.05) is 30.3 Å². The monoisotopic (exact) mass is 280 g/mol. The summed E-state index contributed by atoms with van der Waals surface area (Å²) in [5.41, 5.74) is 2.43. The quantitative estimate of drug-likeness (QED) is 0.913. The van der Waals surface area contributed by atoms with Crippen LogP contribution in [0.3, 0.4) is 0 Å². The molecular weight excluding hydrogens is 260 g/mol. The molecule has 0 aliphatic carbocycles. The van der Waals surface area contributed by atoms with Crippen LogP contribution in [0.1, 0.15) is 17.5 Å². The van der Waals surface area contributed by atoms with Gasteiger partial charge < -0.3 is 10.1 Å². The second-order valence-electron chi connectivity index (χ2n) is 5.12. The molecule has 0 saturated heterocycles. The van der Waals surface area contributed by atoms with Gasteiger partial charge in [-0.05, 0) is 36.2 Å². The van der Waals surface area contributed by atoms with Crippen molar-refractivity contribution in [3.05, 3.63) is 65.7 Å². The average molecular weight is 280 g/mol. The van der Waals surface area contributed by atoms with Crippen LogP contribution in [0, 0.1) is 0 Å². The van der Waals surface area contributed by atoms with Crippen LogP contribution in [-0.4, -0.2) is 25.5 Å². The second-order valence-corrected chi connectivity index (χ2v) is 5.12. The summed E-state index contributed by atoms with van der Waals surface area (Å²) in [6.45, 7) is 2.62. The molecule has 0 radical (unpaired) electrons. The van der Waals surface area contributed by atoms with Gasteiger partial charge in [-0.3, -0.25) is 4.99 Å². The molecule has 21 heavy (non-hydrogen) atoms. The van der Waals surface area contributed by atoms with Crippen LogP contribution in [0.15, 0.2) is 59.6 Å². The molecule has 1 heterocycles. The maximum atomic E-state index is 5.79. The van der Waals surface area contributed by atoms with E-state index in [1.54, 1.807) is 0 Å². The Morgan fingerprint density at radius 2 is 1.81 bits per heavy atom. The third-order valence-electron chi connectivity index (χ3n) is 3.53. The molecule has 2 aromatic rings. The Hall–Kier alpha value is -2.29. The van der Waals surface area contributed by atoms with Gasteiger partial charge in [-0.2, -0.15) is 0 Å². The Morgan fingerprint density at radius 3 is 2.52 bits per heavy atom. The van der Waals surface area contributed by atoms with E-state index in [1.165, 1.54) is 5.56 Å². The van der Waals surface area contributed by atoms with E-state index < -0.39 is 0 Å². The molecule has 0 atom stereocenters. The molecule has 0 amide bonds. The smallest absolute Gasteiger partial charge is 0.128 e. The Bertz CT molecular complexity index is 590. The maximum Gasteiger partial charge on any atom is 0.128 e. The van der Waals surface area contributed by atoms with E-state index in [4.69, 9.17) is 4.74 Å². The summed E-state index contributed by atoms with van der Waals surface area (Å²) in [5.74, 6) is 1.91. The Balaban J connectivity index is 1.54. The highest BCUT2D eigenvalue weighted by Gasteiger charge is 2.06. The molecule has 3 heteroatoms. The summed E-state index contributed by atoms with van der Waals surface area (Å²) < 4.78 is 5.79. The van der Waals surface area contributed by atoms with Crippen molar-refractivity contribution in [2.75, 3.05) is 19.7 Å². The van der Waals surface area contributed by atoms with Crippen LogP contribution in [0.4, 0.5) is 0 Å². The zero-order valence-corrected chi connectivity index (χ0v) is 12.1. The predicted molar refractivity (Wildman–Crippen MR) is 86.1 cm³/mol. The van der Waals surface area contributed by atoms with Gasteiger partial charge in [0.1, 0.15) is 11.6 Å². The summed E-state index contributed by atoms with van der Waals surface area (Å²) in [5, 5.41) is 3.33. The molecule has 0 aromatic heterocycles. The first-order valence-corrected chi connectivity index (χ1v) is 7.47. The fraction of sp³-hybridized carbons (Fsp3) is 0.278. The highest BCUT2D eigenvalue weighted by Crippen LogP contribution is 2.14. The van der Waals surface area contributed by atoms with E-state index in [2.05, 4.69) is 46.7 Å². The first kappa shape index (κ1) is 13.7. The molecule has 0 unspecified atom stereocenters. The highest BCUT2D eigenvalue weighted by molar-refractivity contribution is 5.99. The lowest BCUT2D eigenvalue weighted by Gasteiger charge is -2.15. The maximum absolute atomic E-state index is 5.79. The minimum Gasteiger partial charge on any atom is -0.493 e. The van der Waals surface area contributed by atoms with Crippen molar-refractivity contribution in [3.8, 4) is 5.75 Å². The molecule has 108 valence electrons. The van der Waals surface area contributed by atoms with Crippen molar-refractivity contribution < 1.29 is 4.74 Å². The van der Waals surface area contributed by atoms with Gasteiger partial charge >= 0.3 is 0 Å². The van der Waals surface area contributed by atoms with Gasteiger partial charge in [0.2, 0.25) is 0 Å². The summed E-state index contributed by atoms with van der Waals surface area (Å²) in [4.78, 5) is 4.50. The zero-order valence-electron chi connectivity index (χ0n) is 12.1. The highest BCUT2D eigenvalue weighted by atomic mass is 16.5. The summed E-state index contributed by atoms with van der Waals surface area (Å²) in [6, 6.07) is 18.6. The number of nitrogens with one attached hydrogen (secondary N) is 1. The van der Waals surface area contributed by atoms with Crippen LogP contribution < -0.4 is 10.1 Å².